The standard InChI is InChI=1S/C17H26N2O/c1-13-9-8-10-14(2)16(13)17(18-15(3)20)19-11-6-4-5-7-12-19/h8-10,17H,4-7,11-12H2,1-3H3,(H,18,20). The molecule has 0 saturated carbocycles. The first kappa shape index (κ1) is 15.0. The number of likely N-dealkylation sites (tertiary alicyclic amines) is 1. The highest BCUT2D eigenvalue weighted by Crippen LogP contribution is 2.27. The molecule has 1 aromatic carbocycles. The number of aryl methyl sites for hydroxylation is 2. The van der Waals surface area contributed by atoms with Gasteiger partial charge in [-0.1, -0.05) is 31.0 Å². The minimum Gasteiger partial charge on any atom is -0.337 e. The molecular weight excluding hydrogens is 248 g/mol. The van der Waals surface area contributed by atoms with Gasteiger partial charge in [0.25, 0.3) is 0 Å². The average Bonchev–Trinajstić information content (AvgIpc) is 2.65. The quantitative estimate of drug-likeness (QED) is 0.917. The highest BCUT2D eigenvalue weighted by Gasteiger charge is 2.24. The molecule has 0 radical (unpaired) electrons. The number of amides is 1. The second kappa shape index (κ2) is 6.89. The zero-order valence-corrected chi connectivity index (χ0v) is 12.9. The van der Waals surface area contributed by atoms with Crippen molar-refractivity contribution in [2.75, 3.05) is 13.1 Å². The van der Waals surface area contributed by atoms with Crippen LogP contribution < -0.4 is 5.32 Å². The molecule has 1 heterocycles. The first-order chi connectivity index (χ1) is 9.59. The number of rotatable bonds is 3. The van der Waals surface area contributed by atoms with Crippen molar-refractivity contribution in [1.82, 2.24) is 10.2 Å². The molecule has 1 aliphatic heterocycles. The van der Waals surface area contributed by atoms with Gasteiger partial charge in [0.05, 0.1) is 0 Å². The van der Waals surface area contributed by atoms with Gasteiger partial charge in [-0.05, 0) is 43.4 Å². The Morgan fingerprint density at radius 2 is 1.65 bits per heavy atom. The molecule has 1 fully saturated rings. The molecule has 20 heavy (non-hydrogen) atoms. The van der Waals surface area contributed by atoms with Crippen LogP contribution in [0.25, 0.3) is 0 Å². The summed E-state index contributed by atoms with van der Waals surface area (Å²) >= 11 is 0. The van der Waals surface area contributed by atoms with Crippen molar-refractivity contribution in [1.29, 1.82) is 0 Å². The number of carbonyl (C=O) groups excluding carboxylic acids is 1. The smallest absolute Gasteiger partial charge is 0.218 e. The highest BCUT2D eigenvalue weighted by atomic mass is 16.1. The number of nitrogens with zero attached hydrogens (tertiary/aromatic N) is 1. The van der Waals surface area contributed by atoms with Crippen molar-refractivity contribution in [3.05, 3.63) is 34.9 Å². The summed E-state index contributed by atoms with van der Waals surface area (Å²) < 4.78 is 0. The Labute approximate surface area is 122 Å². The molecule has 1 atom stereocenters. The van der Waals surface area contributed by atoms with Crippen LogP contribution in [0.1, 0.15) is 55.5 Å². The normalized spacial score (nSPS) is 18.4. The zero-order chi connectivity index (χ0) is 14.5. The Morgan fingerprint density at radius 3 is 2.15 bits per heavy atom. The van der Waals surface area contributed by atoms with Gasteiger partial charge in [0.2, 0.25) is 5.91 Å². The van der Waals surface area contributed by atoms with Crippen LogP contribution in [0.3, 0.4) is 0 Å². The Bertz CT molecular complexity index is 442. The van der Waals surface area contributed by atoms with E-state index in [-0.39, 0.29) is 12.1 Å². The minimum absolute atomic E-state index is 0.0202. The van der Waals surface area contributed by atoms with Gasteiger partial charge >= 0.3 is 0 Å². The summed E-state index contributed by atoms with van der Waals surface area (Å²) in [5.41, 5.74) is 3.78. The lowest BCUT2D eigenvalue weighted by atomic mass is 9.99. The molecule has 1 amide bonds. The minimum atomic E-state index is 0.0202. The molecule has 110 valence electrons. The summed E-state index contributed by atoms with van der Waals surface area (Å²) in [5.74, 6) is 0.0434. The molecule has 3 heteroatoms. The van der Waals surface area contributed by atoms with Crippen LogP contribution in [0.4, 0.5) is 0 Å². The second-order valence-electron chi connectivity index (χ2n) is 5.86. The molecule has 1 aromatic rings. The van der Waals surface area contributed by atoms with Gasteiger partial charge in [0.1, 0.15) is 6.17 Å². The van der Waals surface area contributed by atoms with E-state index in [1.807, 2.05) is 0 Å². The molecule has 1 saturated heterocycles. The molecule has 1 unspecified atom stereocenters. The summed E-state index contributed by atoms with van der Waals surface area (Å²) in [6.07, 6.45) is 5.07. The second-order valence-corrected chi connectivity index (χ2v) is 5.86. The van der Waals surface area contributed by atoms with Crippen molar-refractivity contribution in [2.24, 2.45) is 0 Å². The summed E-state index contributed by atoms with van der Waals surface area (Å²) in [4.78, 5) is 14.1. The van der Waals surface area contributed by atoms with Gasteiger partial charge in [-0.3, -0.25) is 9.69 Å². The van der Waals surface area contributed by atoms with Crippen LogP contribution in [-0.2, 0) is 4.79 Å². The third-order valence-electron chi connectivity index (χ3n) is 4.16. The molecule has 1 N–H and O–H groups in total. The van der Waals surface area contributed by atoms with E-state index in [2.05, 4.69) is 42.3 Å². The van der Waals surface area contributed by atoms with E-state index in [4.69, 9.17) is 0 Å². The maximum Gasteiger partial charge on any atom is 0.218 e. The summed E-state index contributed by atoms with van der Waals surface area (Å²) in [6.45, 7) is 8.01. The van der Waals surface area contributed by atoms with Crippen LogP contribution >= 0.6 is 0 Å². The third kappa shape index (κ3) is 3.60. The Hall–Kier alpha value is -1.35. The fourth-order valence-electron chi connectivity index (χ4n) is 3.15. The topological polar surface area (TPSA) is 32.3 Å². The molecule has 0 aromatic heterocycles. The molecule has 0 aliphatic carbocycles. The number of benzene rings is 1. The van der Waals surface area contributed by atoms with Gasteiger partial charge in [-0.15, -0.1) is 0 Å². The molecule has 2 rings (SSSR count). The van der Waals surface area contributed by atoms with E-state index in [1.165, 1.54) is 42.4 Å². The lowest BCUT2D eigenvalue weighted by Crippen LogP contribution is -2.41. The van der Waals surface area contributed by atoms with E-state index >= 15 is 0 Å². The van der Waals surface area contributed by atoms with Crippen LogP contribution in [-0.4, -0.2) is 23.9 Å². The predicted molar refractivity (Wildman–Crippen MR) is 82.5 cm³/mol. The summed E-state index contributed by atoms with van der Waals surface area (Å²) in [6, 6.07) is 6.35. The first-order valence-electron chi connectivity index (χ1n) is 7.67. The van der Waals surface area contributed by atoms with Gasteiger partial charge in [0, 0.05) is 20.0 Å². The summed E-state index contributed by atoms with van der Waals surface area (Å²) in [7, 11) is 0. The first-order valence-corrected chi connectivity index (χ1v) is 7.67. The van der Waals surface area contributed by atoms with E-state index < -0.39 is 0 Å². The van der Waals surface area contributed by atoms with E-state index in [9.17, 15) is 4.79 Å². The SMILES string of the molecule is CC(=O)NC(c1c(C)cccc1C)N1CCCCCC1. The van der Waals surface area contributed by atoms with Crippen LogP contribution in [0.15, 0.2) is 18.2 Å². The third-order valence-corrected chi connectivity index (χ3v) is 4.16. The Kier molecular flexibility index (Phi) is 5.18. The molecular formula is C17H26N2O. The van der Waals surface area contributed by atoms with Crippen molar-refractivity contribution < 1.29 is 4.79 Å². The van der Waals surface area contributed by atoms with Crippen molar-refractivity contribution in [3.8, 4) is 0 Å². The van der Waals surface area contributed by atoms with E-state index in [0.717, 1.165) is 13.1 Å². The van der Waals surface area contributed by atoms with Gasteiger partial charge in [-0.25, -0.2) is 0 Å². The average molecular weight is 274 g/mol. The Morgan fingerprint density at radius 1 is 1.10 bits per heavy atom. The van der Waals surface area contributed by atoms with Crippen LogP contribution in [0.2, 0.25) is 0 Å². The van der Waals surface area contributed by atoms with Gasteiger partial charge in [-0.2, -0.15) is 0 Å². The van der Waals surface area contributed by atoms with Crippen LogP contribution in [0, 0.1) is 13.8 Å². The van der Waals surface area contributed by atoms with Crippen LogP contribution in [0.5, 0.6) is 0 Å². The molecule has 0 spiro atoms. The van der Waals surface area contributed by atoms with E-state index in [1.54, 1.807) is 6.92 Å². The maximum absolute atomic E-state index is 11.6. The Balaban J connectivity index is 2.33. The zero-order valence-electron chi connectivity index (χ0n) is 12.9. The summed E-state index contributed by atoms with van der Waals surface area (Å²) in [5, 5.41) is 3.16. The highest BCUT2D eigenvalue weighted by molar-refractivity contribution is 5.73. The largest absolute Gasteiger partial charge is 0.337 e. The van der Waals surface area contributed by atoms with Gasteiger partial charge in [0.15, 0.2) is 0 Å². The lowest BCUT2D eigenvalue weighted by Gasteiger charge is -2.33. The molecule has 3 nitrogen and oxygen atoms in total. The number of carbonyl (C=O) groups is 1. The van der Waals surface area contributed by atoms with Gasteiger partial charge < -0.3 is 5.32 Å². The van der Waals surface area contributed by atoms with Crippen molar-refractivity contribution in [2.45, 2.75) is 52.6 Å². The fourth-order valence-corrected chi connectivity index (χ4v) is 3.15. The lowest BCUT2D eigenvalue weighted by molar-refractivity contribution is -0.121. The number of hydrogen-bond acceptors (Lipinski definition) is 2. The number of nitrogens with one attached hydrogen (secondary N) is 1. The van der Waals surface area contributed by atoms with Crippen molar-refractivity contribution in [3.63, 3.8) is 0 Å². The van der Waals surface area contributed by atoms with E-state index in [0.29, 0.717) is 0 Å². The maximum atomic E-state index is 11.6. The monoisotopic (exact) mass is 274 g/mol. The molecule has 0 bridgehead atoms. The fraction of sp³-hybridized carbons (Fsp3) is 0.588. The van der Waals surface area contributed by atoms with Crippen molar-refractivity contribution >= 4 is 5.91 Å². The predicted octanol–water partition coefficient (Wildman–Crippen LogP) is 3.31. The number of hydrogen-bond donors (Lipinski definition) is 1. The molecule has 1 aliphatic rings.